The number of carbonyl (C=O) groups is 1. The summed E-state index contributed by atoms with van der Waals surface area (Å²) in [5.74, 6) is -0.0636. The number of hydrogen-bond acceptors (Lipinski definition) is 2. The van der Waals surface area contributed by atoms with Gasteiger partial charge in [0.05, 0.1) is 0 Å². The molecule has 110 valence electrons. The van der Waals surface area contributed by atoms with Crippen LogP contribution in [0.3, 0.4) is 0 Å². The standard InChI is InChI=1S/C17H21N3O/c1-3-8-15-13-16(19-18-15)17(21)20(2)12-7-11-14-9-5-4-6-10-14/h4-7,9-11,13H,3,8,12H2,1-2H3,(H,18,19)/b11-7+. The van der Waals surface area contributed by atoms with E-state index < -0.39 is 0 Å². The second kappa shape index (κ2) is 7.43. The van der Waals surface area contributed by atoms with E-state index in [1.165, 1.54) is 0 Å². The number of amides is 1. The number of carbonyl (C=O) groups excluding carboxylic acids is 1. The predicted molar refractivity (Wildman–Crippen MR) is 85.0 cm³/mol. The first-order valence-electron chi connectivity index (χ1n) is 7.22. The van der Waals surface area contributed by atoms with Crippen molar-refractivity contribution < 1.29 is 4.79 Å². The Kier molecular flexibility index (Phi) is 5.32. The van der Waals surface area contributed by atoms with E-state index in [1.807, 2.05) is 48.6 Å². The average molecular weight is 283 g/mol. The zero-order valence-corrected chi connectivity index (χ0v) is 12.5. The van der Waals surface area contributed by atoms with E-state index in [0.717, 1.165) is 24.1 Å². The first-order chi connectivity index (χ1) is 10.2. The van der Waals surface area contributed by atoms with Crippen molar-refractivity contribution in [1.82, 2.24) is 15.1 Å². The zero-order chi connectivity index (χ0) is 15.1. The van der Waals surface area contributed by atoms with Crippen molar-refractivity contribution in [2.75, 3.05) is 13.6 Å². The van der Waals surface area contributed by atoms with Gasteiger partial charge in [-0.2, -0.15) is 5.10 Å². The number of aryl methyl sites for hydroxylation is 1. The molecule has 0 fully saturated rings. The first-order valence-corrected chi connectivity index (χ1v) is 7.22. The van der Waals surface area contributed by atoms with Gasteiger partial charge in [0.2, 0.25) is 0 Å². The highest BCUT2D eigenvalue weighted by molar-refractivity contribution is 5.92. The second-order valence-corrected chi connectivity index (χ2v) is 5.03. The van der Waals surface area contributed by atoms with Crippen LogP contribution in [-0.4, -0.2) is 34.6 Å². The van der Waals surface area contributed by atoms with E-state index in [1.54, 1.807) is 11.9 Å². The van der Waals surface area contributed by atoms with Crippen LogP contribution in [0.15, 0.2) is 42.5 Å². The molecule has 1 amide bonds. The molecule has 0 saturated heterocycles. The topological polar surface area (TPSA) is 49.0 Å². The molecule has 0 aliphatic heterocycles. The Morgan fingerprint density at radius 2 is 2.10 bits per heavy atom. The summed E-state index contributed by atoms with van der Waals surface area (Å²) in [5.41, 5.74) is 2.62. The summed E-state index contributed by atoms with van der Waals surface area (Å²) in [6.45, 7) is 2.66. The van der Waals surface area contributed by atoms with Gasteiger partial charge in [0.15, 0.2) is 0 Å². The normalized spacial score (nSPS) is 11.0. The molecule has 1 aromatic carbocycles. The molecule has 4 heteroatoms. The van der Waals surface area contributed by atoms with E-state index in [-0.39, 0.29) is 5.91 Å². The highest BCUT2D eigenvalue weighted by Gasteiger charge is 2.13. The molecule has 0 radical (unpaired) electrons. The minimum Gasteiger partial charge on any atom is -0.337 e. The van der Waals surface area contributed by atoms with Crippen molar-refractivity contribution >= 4 is 12.0 Å². The van der Waals surface area contributed by atoms with Gasteiger partial charge in [-0.1, -0.05) is 55.8 Å². The van der Waals surface area contributed by atoms with Crippen molar-refractivity contribution in [1.29, 1.82) is 0 Å². The number of nitrogens with one attached hydrogen (secondary N) is 1. The Balaban J connectivity index is 1.91. The van der Waals surface area contributed by atoms with Crippen molar-refractivity contribution in [3.05, 3.63) is 59.4 Å². The molecule has 1 heterocycles. The molecular formula is C17H21N3O. The third kappa shape index (κ3) is 4.31. The van der Waals surface area contributed by atoms with Gasteiger partial charge in [-0.15, -0.1) is 0 Å². The van der Waals surface area contributed by atoms with Crippen molar-refractivity contribution in [3.63, 3.8) is 0 Å². The molecule has 0 atom stereocenters. The summed E-state index contributed by atoms with van der Waals surface area (Å²) in [4.78, 5) is 13.9. The van der Waals surface area contributed by atoms with Crippen LogP contribution in [0.2, 0.25) is 0 Å². The molecule has 0 bridgehead atoms. The molecule has 4 nitrogen and oxygen atoms in total. The molecule has 2 aromatic rings. The van der Waals surface area contributed by atoms with Gasteiger partial charge in [-0.25, -0.2) is 0 Å². The molecule has 0 aliphatic carbocycles. The highest BCUT2D eigenvalue weighted by atomic mass is 16.2. The summed E-state index contributed by atoms with van der Waals surface area (Å²) in [6, 6.07) is 11.9. The fraction of sp³-hybridized carbons (Fsp3) is 0.294. The number of hydrogen-bond donors (Lipinski definition) is 1. The van der Waals surface area contributed by atoms with Gasteiger partial charge in [-0.05, 0) is 18.1 Å². The van der Waals surface area contributed by atoms with E-state index in [9.17, 15) is 4.79 Å². The fourth-order valence-electron chi connectivity index (χ4n) is 2.06. The van der Waals surface area contributed by atoms with E-state index in [2.05, 4.69) is 17.1 Å². The number of rotatable bonds is 6. The lowest BCUT2D eigenvalue weighted by atomic mass is 10.2. The minimum atomic E-state index is -0.0636. The predicted octanol–water partition coefficient (Wildman–Crippen LogP) is 3.15. The smallest absolute Gasteiger partial charge is 0.274 e. The van der Waals surface area contributed by atoms with E-state index in [0.29, 0.717) is 12.2 Å². The molecule has 2 rings (SSSR count). The van der Waals surface area contributed by atoms with Gasteiger partial charge in [0.25, 0.3) is 5.91 Å². The van der Waals surface area contributed by atoms with Crippen molar-refractivity contribution in [2.24, 2.45) is 0 Å². The Labute approximate surface area is 125 Å². The van der Waals surface area contributed by atoms with Crippen LogP contribution < -0.4 is 0 Å². The van der Waals surface area contributed by atoms with Crippen LogP contribution >= 0.6 is 0 Å². The number of aromatic amines is 1. The minimum absolute atomic E-state index is 0.0636. The summed E-state index contributed by atoms with van der Waals surface area (Å²) in [5, 5.41) is 6.99. The number of nitrogens with zero attached hydrogens (tertiary/aromatic N) is 2. The number of likely N-dealkylation sites (N-methyl/N-ethyl adjacent to an activating group) is 1. The van der Waals surface area contributed by atoms with Crippen LogP contribution in [0.1, 0.15) is 35.1 Å². The van der Waals surface area contributed by atoms with E-state index >= 15 is 0 Å². The third-order valence-electron chi connectivity index (χ3n) is 3.21. The molecule has 1 aromatic heterocycles. The lowest BCUT2D eigenvalue weighted by Gasteiger charge is -2.12. The molecular weight excluding hydrogens is 262 g/mol. The van der Waals surface area contributed by atoms with Crippen LogP contribution in [0.5, 0.6) is 0 Å². The summed E-state index contributed by atoms with van der Waals surface area (Å²) in [6.07, 6.45) is 5.94. The Morgan fingerprint density at radius 1 is 1.33 bits per heavy atom. The zero-order valence-electron chi connectivity index (χ0n) is 12.5. The molecule has 21 heavy (non-hydrogen) atoms. The van der Waals surface area contributed by atoms with Gasteiger partial charge in [-0.3, -0.25) is 9.89 Å². The first kappa shape index (κ1) is 15.0. The van der Waals surface area contributed by atoms with Gasteiger partial charge >= 0.3 is 0 Å². The molecule has 1 N–H and O–H groups in total. The average Bonchev–Trinajstić information content (AvgIpc) is 2.96. The monoisotopic (exact) mass is 283 g/mol. The SMILES string of the molecule is CCCc1cc(C(=O)N(C)C/C=C/c2ccccc2)n[nH]1. The van der Waals surface area contributed by atoms with Crippen LogP contribution in [0.4, 0.5) is 0 Å². The Morgan fingerprint density at radius 3 is 2.81 bits per heavy atom. The maximum absolute atomic E-state index is 12.2. The fourth-order valence-corrected chi connectivity index (χ4v) is 2.06. The molecule has 0 unspecified atom stereocenters. The van der Waals surface area contributed by atoms with Crippen LogP contribution in [0, 0.1) is 0 Å². The summed E-state index contributed by atoms with van der Waals surface area (Å²) in [7, 11) is 1.78. The third-order valence-corrected chi connectivity index (χ3v) is 3.21. The van der Waals surface area contributed by atoms with Gasteiger partial charge < -0.3 is 4.90 Å². The van der Waals surface area contributed by atoms with Crippen LogP contribution in [-0.2, 0) is 6.42 Å². The maximum atomic E-state index is 12.2. The van der Waals surface area contributed by atoms with Crippen LogP contribution in [0.25, 0.3) is 6.08 Å². The van der Waals surface area contributed by atoms with Crippen molar-refractivity contribution in [2.45, 2.75) is 19.8 Å². The second-order valence-electron chi connectivity index (χ2n) is 5.03. The summed E-state index contributed by atoms with van der Waals surface area (Å²) >= 11 is 0. The Hall–Kier alpha value is -2.36. The largest absolute Gasteiger partial charge is 0.337 e. The number of aromatic nitrogens is 2. The quantitative estimate of drug-likeness (QED) is 0.885. The lowest BCUT2D eigenvalue weighted by Crippen LogP contribution is -2.27. The van der Waals surface area contributed by atoms with Gasteiger partial charge in [0.1, 0.15) is 5.69 Å². The Bertz CT molecular complexity index is 602. The lowest BCUT2D eigenvalue weighted by molar-refractivity contribution is 0.0804. The number of H-pyrrole nitrogens is 1. The molecule has 0 spiro atoms. The highest BCUT2D eigenvalue weighted by Crippen LogP contribution is 2.06. The molecule has 0 aliphatic rings. The number of benzene rings is 1. The maximum Gasteiger partial charge on any atom is 0.274 e. The summed E-state index contributed by atoms with van der Waals surface area (Å²) < 4.78 is 0. The molecule has 0 saturated carbocycles. The van der Waals surface area contributed by atoms with Crippen molar-refractivity contribution in [3.8, 4) is 0 Å². The van der Waals surface area contributed by atoms with Gasteiger partial charge in [0, 0.05) is 19.3 Å². The van der Waals surface area contributed by atoms with E-state index in [4.69, 9.17) is 0 Å².